The second kappa shape index (κ2) is 13.2. The second-order valence-corrected chi connectivity index (χ2v) is 11.4. The van der Waals surface area contributed by atoms with E-state index in [1.165, 1.54) is 12.1 Å². The molecule has 15 heteroatoms. The Labute approximate surface area is 243 Å². The molecule has 0 amide bonds. The molecule has 0 aliphatic carbocycles. The van der Waals surface area contributed by atoms with Crippen molar-refractivity contribution in [3.05, 3.63) is 74.8 Å². The lowest BCUT2D eigenvalue weighted by Crippen LogP contribution is -2.65. The van der Waals surface area contributed by atoms with Gasteiger partial charge >= 0.3 is 0 Å². The number of benzene rings is 2. The highest BCUT2D eigenvalue weighted by molar-refractivity contribution is 7.99. The zero-order chi connectivity index (χ0) is 29.3. The Morgan fingerprint density at radius 1 is 1.00 bits per heavy atom. The van der Waals surface area contributed by atoms with Crippen LogP contribution in [0.4, 0.5) is 5.69 Å². The van der Waals surface area contributed by atoms with Crippen molar-refractivity contribution in [2.45, 2.75) is 72.6 Å². The quantitative estimate of drug-likeness (QED) is 0.208. The molecule has 3 aliphatic rings. The SMILES string of the molecule is O=[N+]([O-])c1cc(CS[C@@H]2O[C@H](CO)[C@@H](O[C@H]3O[C@@H]4COC(c5ccccc5)O[C@H]4[C@@H](O)[C@H]3O)[C@@H](O)[C@H]2O)ccc1Cl. The van der Waals surface area contributed by atoms with Crippen LogP contribution in [0.3, 0.4) is 0 Å². The van der Waals surface area contributed by atoms with Gasteiger partial charge in [-0.2, -0.15) is 0 Å². The molecule has 0 spiro atoms. The van der Waals surface area contributed by atoms with Crippen LogP contribution in [-0.2, 0) is 29.4 Å². The average molecular weight is 616 g/mol. The van der Waals surface area contributed by atoms with Crippen molar-refractivity contribution in [2.75, 3.05) is 13.2 Å². The van der Waals surface area contributed by atoms with Crippen molar-refractivity contribution < 1.29 is 54.1 Å². The third-order valence-electron chi connectivity index (χ3n) is 7.14. The number of aliphatic hydroxyl groups is 5. The molecule has 2 aromatic carbocycles. The molecule has 0 aromatic heterocycles. The summed E-state index contributed by atoms with van der Waals surface area (Å²) in [5.41, 5.74) is -0.0330. The maximum Gasteiger partial charge on any atom is 0.288 e. The summed E-state index contributed by atoms with van der Waals surface area (Å²) in [6.07, 6.45) is -12.6. The predicted molar refractivity (Wildman–Crippen MR) is 143 cm³/mol. The van der Waals surface area contributed by atoms with E-state index in [4.69, 9.17) is 35.3 Å². The standard InChI is InChI=1S/C26H30ClNO12S/c27-14-7-6-12(8-15(14)28(34)35)11-41-26-21(33)19(31)22(16(9-29)38-26)40-25-20(32)18(30)23-17(37-25)10-36-24(39-23)13-4-2-1-3-5-13/h1-8,16-26,29-33H,9-11H2/t16-,17-,18+,19+,20-,21-,22-,23-,24?,25-,26+/m1/s1. The molecule has 2 aromatic rings. The van der Waals surface area contributed by atoms with Crippen molar-refractivity contribution in [2.24, 2.45) is 0 Å². The van der Waals surface area contributed by atoms with Gasteiger partial charge in [0.2, 0.25) is 0 Å². The van der Waals surface area contributed by atoms with E-state index in [2.05, 4.69) is 0 Å². The molecule has 5 N–H and O–H groups in total. The van der Waals surface area contributed by atoms with Crippen molar-refractivity contribution in [1.82, 2.24) is 0 Å². The molecule has 11 atom stereocenters. The number of nitro benzene ring substituents is 1. The number of nitrogens with zero attached hydrogens (tertiary/aromatic N) is 1. The van der Waals surface area contributed by atoms with Gasteiger partial charge in [0.1, 0.15) is 59.3 Å². The molecule has 224 valence electrons. The minimum atomic E-state index is -1.60. The lowest BCUT2D eigenvalue weighted by atomic mass is 9.96. The second-order valence-electron chi connectivity index (χ2n) is 9.86. The van der Waals surface area contributed by atoms with Gasteiger partial charge < -0.3 is 49.2 Å². The van der Waals surface area contributed by atoms with E-state index in [-0.39, 0.29) is 23.1 Å². The highest BCUT2D eigenvalue weighted by Gasteiger charge is 2.52. The van der Waals surface area contributed by atoms with Crippen LogP contribution in [-0.4, -0.2) is 104 Å². The first-order chi connectivity index (χ1) is 19.7. The fourth-order valence-electron chi connectivity index (χ4n) is 4.95. The highest BCUT2D eigenvalue weighted by atomic mass is 35.5. The summed E-state index contributed by atoms with van der Waals surface area (Å²) in [6, 6.07) is 13.4. The van der Waals surface area contributed by atoms with E-state index >= 15 is 0 Å². The molecule has 13 nitrogen and oxygen atoms in total. The lowest BCUT2D eigenvalue weighted by molar-refractivity contribution is -0.384. The van der Waals surface area contributed by atoms with Crippen LogP contribution in [0.25, 0.3) is 0 Å². The van der Waals surface area contributed by atoms with Gasteiger partial charge in [0.15, 0.2) is 12.6 Å². The number of fused-ring (bicyclic) bond motifs is 1. The summed E-state index contributed by atoms with van der Waals surface area (Å²) >= 11 is 6.91. The Bertz CT molecular complexity index is 1190. The molecule has 0 radical (unpaired) electrons. The monoisotopic (exact) mass is 615 g/mol. The van der Waals surface area contributed by atoms with Gasteiger partial charge in [-0.25, -0.2) is 0 Å². The molecule has 3 heterocycles. The molecule has 5 rings (SSSR count). The first-order valence-corrected chi connectivity index (χ1v) is 14.3. The largest absolute Gasteiger partial charge is 0.394 e. The number of halogens is 1. The maximum absolute atomic E-state index is 11.2. The van der Waals surface area contributed by atoms with E-state index in [0.717, 1.165) is 17.3 Å². The number of ether oxygens (including phenoxy) is 5. The molecule has 3 aliphatic heterocycles. The number of rotatable bonds is 8. The Morgan fingerprint density at radius 3 is 2.46 bits per heavy atom. The molecular formula is C26H30ClNO12S. The molecule has 0 bridgehead atoms. The van der Waals surface area contributed by atoms with Crippen LogP contribution in [0, 0.1) is 10.1 Å². The summed E-state index contributed by atoms with van der Waals surface area (Å²) in [4.78, 5) is 10.6. The summed E-state index contributed by atoms with van der Waals surface area (Å²) in [6.45, 7) is -0.592. The van der Waals surface area contributed by atoms with Gasteiger partial charge in [0.05, 0.1) is 18.1 Å². The lowest BCUT2D eigenvalue weighted by Gasteiger charge is -2.48. The zero-order valence-electron chi connectivity index (χ0n) is 21.4. The summed E-state index contributed by atoms with van der Waals surface area (Å²) in [7, 11) is 0. The zero-order valence-corrected chi connectivity index (χ0v) is 23.0. The first-order valence-electron chi connectivity index (χ1n) is 12.8. The number of nitro groups is 1. The minimum Gasteiger partial charge on any atom is -0.394 e. The van der Waals surface area contributed by atoms with E-state index < -0.39 is 78.4 Å². The van der Waals surface area contributed by atoms with Gasteiger partial charge in [-0.1, -0.05) is 48.0 Å². The molecular weight excluding hydrogens is 586 g/mol. The van der Waals surface area contributed by atoms with Crippen LogP contribution >= 0.6 is 23.4 Å². The van der Waals surface area contributed by atoms with Crippen molar-refractivity contribution in [1.29, 1.82) is 0 Å². The molecule has 3 fully saturated rings. The summed E-state index contributed by atoms with van der Waals surface area (Å²) in [5, 5.41) is 64.4. The van der Waals surface area contributed by atoms with E-state index in [9.17, 15) is 35.6 Å². The topological polar surface area (TPSA) is 190 Å². The normalized spacial score (nSPS) is 37.4. The van der Waals surface area contributed by atoms with Crippen LogP contribution in [0.2, 0.25) is 5.02 Å². The fourth-order valence-corrected chi connectivity index (χ4v) is 6.25. The molecule has 3 saturated heterocycles. The predicted octanol–water partition coefficient (Wildman–Crippen LogP) is 0.866. The van der Waals surface area contributed by atoms with Crippen LogP contribution < -0.4 is 0 Å². The summed E-state index contributed by atoms with van der Waals surface area (Å²) < 4.78 is 29.0. The molecule has 1 unspecified atom stereocenters. The number of aliphatic hydroxyl groups excluding tert-OH is 5. The van der Waals surface area contributed by atoms with Gasteiger partial charge in [0.25, 0.3) is 5.69 Å². The van der Waals surface area contributed by atoms with Gasteiger partial charge in [-0.15, -0.1) is 11.8 Å². The first kappa shape index (κ1) is 30.5. The number of thioether (sulfide) groups is 1. The van der Waals surface area contributed by atoms with Gasteiger partial charge in [0, 0.05) is 17.4 Å². The van der Waals surface area contributed by atoms with Crippen LogP contribution in [0.1, 0.15) is 17.4 Å². The third-order valence-corrected chi connectivity index (χ3v) is 8.68. The Morgan fingerprint density at radius 2 is 1.76 bits per heavy atom. The smallest absolute Gasteiger partial charge is 0.288 e. The van der Waals surface area contributed by atoms with Gasteiger partial charge in [-0.05, 0) is 11.6 Å². The number of hydrogen-bond donors (Lipinski definition) is 5. The summed E-state index contributed by atoms with van der Waals surface area (Å²) in [5.74, 6) is 0.166. The Balaban J connectivity index is 1.21. The Kier molecular flexibility index (Phi) is 9.80. The van der Waals surface area contributed by atoms with E-state index in [1.807, 2.05) is 18.2 Å². The van der Waals surface area contributed by atoms with Crippen LogP contribution in [0.5, 0.6) is 0 Å². The number of hydrogen-bond acceptors (Lipinski definition) is 13. The van der Waals surface area contributed by atoms with Crippen molar-refractivity contribution >= 4 is 29.1 Å². The Hall–Kier alpha value is -1.92. The maximum atomic E-state index is 11.2. The third kappa shape index (κ3) is 6.54. The van der Waals surface area contributed by atoms with Crippen LogP contribution in [0.15, 0.2) is 48.5 Å². The van der Waals surface area contributed by atoms with Gasteiger partial charge in [-0.3, -0.25) is 10.1 Å². The molecule has 41 heavy (non-hydrogen) atoms. The van der Waals surface area contributed by atoms with E-state index in [0.29, 0.717) is 5.56 Å². The minimum absolute atomic E-state index is 0.0145. The van der Waals surface area contributed by atoms with Crippen molar-refractivity contribution in [3.63, 3.8) is 0 Å². The van der Waals surface area contributed by atoms with E-state index in [1.54, 1.807) is 18.2 Å². The average Bonchev–Trinajstić information content (AvgIpc) is 2.98. The highest BCUT2D eigenvalue weighted by Crippen LogP contribution is 2.37. The van der Waals surface area contributed by atoms with Crippen molar-refractivity contribution in [3.8, 4) is 0 Å². The fraction of sp³-hybridized carbons (Fsp3) is 0.538. The molecule has 0 saturated carbocycles.